The number of rotatable bonds is 7. The molecule has 27 heavy (non-hydrogen) atoms. The number of sulfonamides is 1. The van der Waals surface area contributed by atoms with Crippen LogP contribution in [0.2, 0.25) is 0 Å². The lowest BCUT2D eigenvalue weighted by molar-refractivity contribution is 0.210. The highest BCUT2D eigenvalue weighted by atomic mass is 32.2. The quantitative estimate of drug-likeness (QED) is 0.726. The Morgan fingerprint density at radius 3 is 2.52 bits per heavy atom. The summed E-state index contributed by atoms with van der Waals surface area (Å²) in [6, 6.07) is 14.6. The topological polar surface area (TPSA) is 53.8 Å². The van der Waals surface area contributed by atoms with Gasteiger partial charge in [-0.1, -0.05) is 30.3 Å². The molecule has 1 aromatic heterocycles. The van der Waals surface area contributed by atoms with Gasteiger partial charge in [-0.3, -0.25) is 4.90 Å². The first kappa shape index (κ1) is 18.7. The van der Waals surface area contributed by atoms with Crippen LogP contribution in [0.1, 0.15) is 43.4 Å². The van der Waals surface area contributed by atoms with E-state index in [1.54, 1.807) is 6.07 Å². The Hall–Kier alpha value is -1.63. The predicted molar refractivity (Wildman–Crippen MR) is 105 cm³/mol. The highest BCUT2D eigenvalue weighted by Gasteiger charge is 2.31. The third kappa shape index (κ3) is 4.28. The van der Waals surface area contributed by atoms with Crippen molar-refractivity contribution in [2.45, 2.75) is 56.2 Å². The maximum absolute atomic E-state index is 12.6. The first-order chi connectivity index (χ1) is 13.1. The molecule has 0 unspecified atom stereocenters. The molecule has 2 aromatic rings. The second-order valence-electron chi connectivity index (χ2n) is 7.62. The van der Waals surface area contributed by atoms with Crippen LogP contribution in [0.3, 0.4) is 0 Å². The molecule has 0 saturated carbocycles. The largest absolute Gasteiger partial charge is 0.447 e. The molecule has 2 fully saturated rings. The van der Waals surface area contributed by atoms with Crippen molar-refractivity contribution < 1.29 is 12.8 Å². The van der Waals surface area contributed by atoms with Crippen molar-refractivity contribution in [2.24, 2.45) is 0 Å². The minimum atomic E-state index is -3.46. The molecule has 0 amide bonds. The summed E-state index contributed by atoms with van der Waals surface area (Å²) >= 11 is 0. The number of benzene rings is 1. The van der Waals surface area contributed by atoms with E-state index < -0.39 is 10.0 Å². The molecule has 1 atom stereocenters. The van der Waals surface area contributed by atoms with E-state index in [0.717, 1.165) is 38.0 Å². The first-order valence-electron chi connectivity index (χ1n) is 10.00. The maximum atomic E-state index is 12.6. The molecule has 0 bridgehead atoms. The van der Waals surface area contributed by atoms with Gasteiger partial charge in [-0.05, 0) is 62.8 Å². The second kappa shape index (κ2) is 8.17. The summed E-state index contributed by atoms with van der Waals surface area (Å²) < 4.78 is 32.6. The molecule has 1 aromatic carbocycles. The average Bonchev–Trinajstić information content (AvgIpc) is 3.43. The molecular formula is C21H28N2O3S. The molecule has 0 radical (unpaired) electrons. The number of hydrogen-bond donors (Lipinski definition) is 0. The summed E-state index contributed by atoms with van der Waals surface area (Å²) in [7, 11) is -3.46. The van der Waals surface area contributed by atoms with Crippen molar-refractivity contribution >= 4 is 10.0 Å². The predicted octanol–water partition coefficient (Wildman–Crippen LogP) is 3.66. The lowest BCUT2D eigenvalue weighted by Gasteiger charge is -2.23. The summed E-state index contributed by atoms with van der Waals surface area (Å²) in [6.45, 7) is 2.95. The summed E-state index contributed by atoms with van der Waals surface area (Å²) in [5.41, 5.74) is 1.38. The Morgan fingerprint density at radius 2 is 1.74 bits per heavy atom. The average molecular weight is 389 g/mol. The third-order valence-corrected chi connectivity index (χ3v) is 7.54. The zero-order chi connectivity index (χ0) is 18.7. The monoisotopic (exact) mass is 388 g/mol. The molecule has 146 valence electrons. The smallest absolute Gasteiger partial charge is 0.276 e. The summed E-state index contributed by atoms with van der Waals surface area (Å²) in [5.74, 6) is 0.749. The van der Waals surface area contributed by atoms with Crippen molar-refractivity contribution in [3.63, 3.8) is 0 Å². The Labute approximate surface area is 162 Å². The molecular weight excluding hydrogens is 360 g/mol. The lowest BCUT2D eigenvalue weighted by atomic mass is 10.0. The highest BCUT2D eigenvalue weighted by molar-refractivity contribution is 7.89. The first-order valence-corrected chi connectivity index (χ1v) is 11.4. The van der Waals surface area contributed by atoms with Crippen molar-refractivity contribution in [1.29, 1.82) is 0 Å². The molecule has 5 nitrogen and oxygen atoms in total. The fourth-order valence-corrected chi connectivity index (χ4v) is 5.69. The van der Waals surface area contributed by atoms with Crippen LogP contribution >= 0.6 is 0 Å². The number of hydrogen-bond acceptors (Lipinski definition) is 4. The molecule has 2 aliphatic rings. The summed E-state index contributed by atoms with van der Waals surface area (Å²) in [5, 5.41) is 0.0967. The standard InChI is InChI=1S/C21H28N2O3S/c24-27(25,23-15-4-5-16-23)21-13-12-20(26-21)17-22-14-6-9-19(22)11-10-18-7-2-1-3-8-18/h1-3,7-8,12-13,19H,4-6,9-11,14-17H2/t19-/m0/s1. The molecule has 0 aliphatic carbocycles. The maximum Gasteiger partial charge on any atom is 0.276 e. The van der Waals surface area contributed by atoms with Gasteiger partial charge in [0.1, 0.15) is 5.76 Å². The van der Waals surface area contributed by atoms with E-state index in [-0.39, 0.29) is 5.09 Å². The van der Waals surface area contributed by atoms with E-state index in [4.69, 9.17) is 4.42 Å². The van der Waals surface area contributed by atoms with E-state index in [2.05, 4.69) is 35.2 Å². The van der Waals surface area contributed by atoms with Crippen molar-refractivity contribution in [2.75, 3.05) is 19.6 Å². The van der Waals surface area contributed by atoms with Crippen molar-refractivity contribution in [1.82, 2.24) is 9.21 Å². The van der Waals surface area contributed by atoms with Gasteiger partial charge < -0.3 is 4.42 Å². The van der Waals surface area contributed by atoms with Crippen molar-refractivity contribution in [3.8, 4) is 0 Å². The van der Waals surface area contributed by atoms with Gasteiger partial charge in [0.15, 0.2) is 0 Å². The third-order valence-electron chi connectivity index (χ3n) is 5.76. The van der Waals surface area contributed by atoms with Crippen molar-refractivity contribution in [3.05, 3.63) is 53.8 Å². The summed E-state index contributed by atoms with van der Waals surface area (Å²) in [6.07, 6.45) is 6.47. The van der Waals surface area contributed by atoms with Crippen LogP contribution < -0.4 is 0 Å². The van der Waals surface area contributed by atoms with Gasteiger partial charge in [-0.2, -0.15) is 4.31 Å². The SMILES string of the molecule is O=S(=O)(c1ccc(CN2CCC[C@H]2CCc2ccccc2)o1)N1CCCC1. The zero-order valence-corrected chi connectivity index (χ0v) is 16.5. The lowest BCUT2D eigenvalue weighted by Crippen LogP contribution is -2.29. The number of furan rings is 1. The van der Waals surface area contributed by atoms with E-state index in [9.17, 15) is 8.42 Å². The number of nitrogens with zero attached hydrogens (tertiary/aromatic N) is 2. The Morgan fingerprint density at radius 1 is 0.963 bits per heavy atom. The molecule has 0 spiro atoms. The van der Waals surface area contributed by atoms with Gasteiger partial charge in [0.2, 0.25) is 5.09 Å². The van der Waals surface area contributed by atoms with E-state index in [1.807, 2.05) is 6.07 Å². The van der Waals surface area contributed by atoms with Crippen LogP contribution in [0.25, 0.3) is 0 Å². The minimum Gasteiger partial charge on any atom is -0.447 e. The normalized spacial score (nSPS) is 21.9. The molecule has 4 rings (SSSR count). The van der Waals surface area contributed by atoms with Gasteiger partial charge in [0.25, 0.3) is 10.0 Å². The Bertz CT molecular complexity index is 841. The fourth-order valence-electron chi connectivity index (χ4n) is 4.25. The zero-order valence-electron chi connectivity index (χ0n) is 15.7. The Kier molecular flexibility index (Phi) is 5.66. The molecule has 2 saturated heterocycles. The molecule has 3 heterocycles. The van der Waals surface area contributed by atoms with Crippen LogP contribution in [0.5, 0.6) is 0 Å². The van der Waals surface area contributed by atoms with Crippen LogP contribution in [-0.2, 0) is 23.0 Å². The van der Waals surface area contributed by atoms with E-state index >= 15 is 0 Å². The van der Waals surface area contributed by atoms with Gasteiger partial charge in [0.05, 0.1) is 6.54 Å². The van der Waals surface area contributed by atoms with E-state index in [1.165, 1.54) is 22.7 Å². The van der Waals surface area contributed by atoms with Gasteiger partial charge in [-0.25, -0.2) is 8.42 Å². The van der Waals surface area contributed by atoms with Gasteiger partial charge in [-0.15, -0.1) is 0 Å². The van der Waals surface area contributed by atoms with Crippen LogP contribution in [0.4, 0.5) is 0 Å². The van der Waals surface area contributed by atoms with Crippen LogP contribution in [-0.4, -0.2) is 43.3 Å². The molecule has 2 aliphatic heterocycles. The fraction of sp³-hybridized carbons (Fsp3) is 0.524. The second-order valence-corrected chi connectivity index (χ2v) is 9.49. The van der Waals surface area contributed by atoms with Gasteiger partial charge >= 0.3 is 0 Å². The molecule has 0 N–H and O–H groups in total. The molecule has 6 heteroatoms. The Balaban J connectivity index is 1.37. The summed E-state index contributed by atoms with van der Waals surface area (Å²) in [4.78, 5) is 2.44. The van der Waals surface area contributed by atoms with Crippen LogP contribution in [0, 0.1) is 0 Å². The number of likely N-dealkylation sites (tertiary alicyclic amines) is 1. The highest BCUT2D eigenvalue weighted by Crippen LogP contribution is 2.27. The van der Waals surface area contributed by atoms with Crippen LogP contribution in [0.15, 0.2) is 52.0 Å². The van der Waals surface area contributed by atoms with E-state index in [0.29, 0.717) is 25.7 Å². The number of aryl methyl sites for hydroxylation is 1. The van der Waals surface area contributed by atoms with Gasteiger partial charge in [0, 0.05) is 19.1 Å². The minimum absolute atomic E-state index is 0.0967.